The van der Waals surface area contributed by atoms with Gasteiger partial charge in [0, 0.05) is 12.2 Å². The zero-order valence-corrected chi connectivity index (χ0v) is 25.4. The van der Waals surface area contributed by atoms with Gasteiger partial charge in [0.25, 0.3) is 5.91 Å². The molecule has 2 aliphatic rings. The molecule has 1 saturated heterocycles. The molecule has 1 heterocycles. The second-order valence-electron chi connectivity index (χ2n) is 10.8. The Balaban J connectivity index is 1.65. The maximum Gasteiger partial charge on any atom is 0.411 e. The first kappa shape index (κ1) is 31.7. The lowest BCUT2D eigenvalue weighted by atomic mass is 9.99. The Morgan fingerprint density at radius 2 is 1.73 bits per heavy atom. The number of carbonyl (C=O) groups excluding carboxylic acids is 3. The van der Waals surface area contributed by atoms with E-state index in [0.717, 1.165) is 17.0 Å². The van der Waals surface area contributed by atoms with Crippen molar-refractivity contribution in [3.05, 3.63) is 83.4 Å². The lowest BCUT2D eigenvalue weighted by Gasteiger charge is -2.35. The van der Waals surface area contributed by atoms with Gasteiger partial charge in [-0.1, -0.05) is 18.2 Å². The standard InChI is InChI=1S/C31H32F2N4O7S/c1-43-26-16-18(9-13-23(26)33)28(37(30(34)39)25-7-4-3-6-22(25)32)29(38)36-15-5-8-24(36)21-17-19(35-31(40)44-2)10-14-27(21)45(41,42)20-11-12-20/h3-4,6-7,9-10,13-14,16-17,20,24,28H,5,8,11-12,15H2,1-2H3,(H2,34,39)(H,35,40)/t24-,28-/m1/s1. The predicted molar refractivity (Wildman–Crippen MR) is 161 cm³/mol. The number of urea groups is 1. The van der Waals surface area contributed by atoms with E-state index in [1.54, 1.807) is 0 Å². The van der Waals surface area contributed by atoms with Crippen LogP contribution in [0.2, 0.25) is 0 Å². The number of primary amides is 1. The van der Waals surface area contributed by atoms with Crippen molar-refractivity contribution in [2.75, 3.05) is 31.0 Å². The molecule has 1 aliphatic carbocycles. The second-order valence-corrected chi connectivity index (χ2v) is 13.0. The first-order chi connectivity index (χ1) is 21.5. The summed E-state index contributed by atoms with van der Waals surface area (Å²) in [4.78, 5) is 41.8. The van der Waals surface area contributed by atoms with Crippen LogP contribution < -0.4 is 20.7 Å². The van der Waals surface area contributed by atoms with Crippen LogP contribution in [0.1, 0.15) is 48.9 Å². The number of likely N-dealkylation sites (tertiary alicyclic amines) is 1. The van der Waals surface area contributed by atoms with Gasteiger partial charge in [-0.2, -0.15) is 0 Å². The van der Waals surface area contributed by atoms with E-state index in [2.05, 4.69) is 10.1 Å². The van der Waals surface area contributed by atoms with Crippen molar-refractivity contribution in [3.63, 3.8) is 0 Å². The third kappa shape index (κ3) is 6.27. The number of nitrogens with two attached hydrogens (primary N) is 1. The normalized spacial score (nSPS) is 17.0. The average molecular weight is 643 g/mol. The van der Waals surface area contributed by atoms with Crippen molar-refractivity contribution >= 4 is 39.2 Å². The number of rotatable bonds is 9. The van der Waals surface area contributed by atoms with Gasteiger partial charge in [0.05, 0.1) is 36.1 Å². The first-order valence-electron chi connectivity index (χ1n) is 14.2. The van der Waals surface area contributed by atoms with Gasteiger partial charge in [-0.05, 0) is 79.3 Å². The molecule has 0 bridgehead atoms. The minimum absolute atomic E-state index is 0.0194. The van der Waals surface area contributed by atoms with Gasteiger partial charge in [-0.25, -0.2) is 26.8 Å². The van der Waals surface area contributed by atoms with Crippen LogP contribution in [0, 0.1) is 11.6 Å². The first-order valence-corrected chi connectivity index (χ1v) is 15.7. The number of nitrogens with one attached hydrogen (secondary N) is 1. The van der Waals surface area contributed by atoms with E-state index in [4.69, 9.17) is 10.5 Å². The summed E-state index contributed by atoms with van der Waals surface area (Å²) in [5, 5.41) is 1.97. The average Bonchev–Trinajstić information content (AvgIpc) is 3.78. The van der Waals surface area contributed by atoms with E-state index >= 15 is 4.39 Å². The van der Waals surface area contributed by atoms with E-state index in [9.17, 15) is 27.2 Å². The van der Waals surface area contributed by atoms with Crippen molar-refractivity contribution in [1.29, 1.82) is 0 Å². The molecule has 0 aromatic heterocycles. The molecule has 2 atom stereocenters. The number of ether oxygens (including phenoxy) is 2. The zero-order valence-electron chi connectivity index (χ0n) is 24.5. The van der Waals surface area contributed by atoms with E-state index < -0.39 is 56.8 Å². The van der Waals surface area contributed by atoms with Gasteiger partial charge in [-0.3, -0.25) is 15.0 Å². The SMILES string of the molecule is COC(=O)Nc1ccc(S(=O)(=O)C2CC2)c([C@H]2CCCN2C(=O)[C@@H](c2ccc(F)c(OC)c2)N(C(N)=O)c2ccccc2F)c1. The maximum atomic E-state index is 15.1. The van der Waals surface area contributed by atoms with Crippen molar-refractivity contribution in [2.45, 2.75) is 47.9 Å². The number of amides is 4. The molecule has 14 heteroatoms. The smallest absolute Gasteiger partial charge is 0.411 e. The van der Waals surface area contributed by atoms with E-state index in [-0.39, 0.29) is 39.7 Å². The highest BCUT2D eigenvalue weighted by Gasteiger charge is 2.44. The fourth-order valence-corrected chi connectivity index (χ4v) is 7.56. The second kappa shape index (κ2) is 12.7. The summed E-state index contributed by atoms with van der Waals surface area (Å²) in [6, 6.07) is 9.57. The van der Waals surface area contributed by atoms with Crippen LogP contribution in [0.25, 0.3) is 0 Å². The van der Waals surface area contributed by atoms with Gasteiger partial charge in [0.15, 0.2) is 21.4 Å². The van der Waals surface area contributed by atoms with Crippen molar-refractivity contribution in [3.8, 4) is 5.75 Å². The van der Waals surface area contributed by atoms with Gasteiger partial charge in [0.1, 0.15) is 11.9 Å². The number of benzene rings is 3. The Morgan fingerprint density at radius 1 is 1.00 bits per heavy atom. The Labute approximate surface area is 258 Å². The van der Waals surface area contributed by atoms with E-state index in [0.29, 0.717) is 25.7 Å². The number of hydrogen-bond donors (Lipinski definition) is 2. The summed E-state index contributed by atoms with van der Waals surface area (Å²) in [6.45, 7) is 0.153. The summed E-state index contributed by atoms with van der Waals surface area (Å²) in [6.07, 6.45) is 1.04. The fraction of sp³-hybridized carbons (Fsp3) is 0.323. The molecule has 45 heavy (non-hydrogen) atoms. The highest BCUT2D eigenvalue weighted by Crippen LogP contribution is 2.43. The molecule has 0 unspecified atom stereocenters. The summed E-state index contributed by atoms with van der Waals surface area (Å²) in [7, 11) is -1.36. The lowest BCUT2D eigenvalue weighted by Crippen LogP contribution is -2.48. The summed E-state index contributed by atoms with van der Waals surface area (Å²) < 4.78 is 66.5. The number of carbonyl (C=O) groups is 3. The lowest BCUT2D eigenvalue weighted by molar-refractivity contribution is -0.133. The number of para-hydroxylation sites is 1. The molecule has 4 amide bonds. The van der Waals surface area contributed by atoms with Crippen LogP contribution in [0.15, 0.2) is 65.6 Å². The number of halogens is 2. The topological polar surface area (TPSA) is 148 Å². The third-order valence-corrected chi connectivity index (χ3v) is 10.3. The largest absolute Gasteiger partial charge is 0.494 e. The molecule has 0 radical (unpaired) electrons. The molecule has 2 fully saturated rings. The highest BCUT2D eigenvalue weighted by atomic mass is 32.2. The Kier molecular flexibility index (Phi) is 8.96. The predicted octanol–water partition coefficient (Wildman–Crippen LogP) is 5.08. The van der Waals surface area contributed by atoms with Gasteiger partial charge in [0.2, 0.25) is 0 Å². The van der Waals surface area contributed by atoms with Gasteiger partial charge in [-0.15, -0.1) is 0 Å². The van der Waals surface area contributed by atoms with Crippen molar-refractivity contribution in [1.82, 2.24) is 4.90 Å². The Morgan fingerprint density at radius 3 is 2.38 bits per heavy atom. The van der Waals surface area contributed by atoms with Gasteiger partial charge < -0.3 is 20.1 Å². The molecule has 3 aromatic rings. The van der Waals surface area contributed by atoms with Crippen LogP contribution in [0.4, 0.5) is 29.7 Å². The number of hydrogen-bond acceptors (Lipinski definition) is 7. The van der Waals surface area contributed by atoms with Crippen LogP contribution in [-0.4, -0.2) is 57.4 Å². The van der Waals surface area contributed by atoms with Crippen LogP contribution >= 0.6 is 0 Å². The van der Waals surface area contributed by atoms with Crippen LogP contribution in [0.5, 0.6) is 5.75 Å². The summed E-state index contributed by atoms with van der Waals surface area (Å²) in [5.74, 6) is -2.50. The Hall–Kier alpha value is -4.72. The molecule has 1 saturated carbocycles. The number of nitrogens with zero attached hydrogens (tertiary/aromatic N) is 2. The van der Waals surface area contributed by atoms with Crippen molar-refractivity contribution < 1.29 is 41.1 Å². The molecule has 238 valence electrons. The number of anilines is 2. The minimum atomic E-state index is -3.77. The molecular formula is C31H32F2N4O7S. The Bertz CT molecular complexity index is 1750. The quantitative estimate of drug-likeness (QED) is 0.331. The van der Waals surface area contributed by atoms with Gasteiger partial charge >= 0.3 is 12.1 Å². The fourth-order valence-electron chi connectivity index (χ4n) is 5.66. The van der Waals surface area contributed by atoms with E-state index in [1.165, 1.54) is 67.7 Å². The number of methoxy groups -OCH3 is 2. The summed E-state index contributed by atoms with van der Waals surface area (Å²) in [5.41, 5.74) is 6.08. The minimum Gasteiger partial charge on any atom is -0.494 e. The van der Waals surface area contributed by atoms with Crippen LogP contribution in [0.3, 0.4) is 0 Å². The maximum absolute atomic E-state index is 15.1. The van der Waals surface area contributed by atoms with Crippen molar-refractivity contribution in [2.24, 2.45) is 5.73 Å². The van der Waals surface area contributed by atoms with E-state index in [1.807, 2.05) is 0 Å². The molecular weight excluding hydrogens is 610 g/mol. The zero-order chi connectivity index (χ0) is 32.5. The molecule has 11 nitrogen and oxygen atoms in total. The molecule has 0 spiro atoms. The van der Waals surface area contributed by atoms with Crippen LogP contribution in [-0.2, 0) is 19.4 Å². The molecule has 3 N–H and O–H groups in total. The highest BCUT2D eigenvalue weighted by molar-refractivity contribution is 7.92. The molecule has 3 aromatic carbocycles. The number of sulfone groups is 1. The molecule has 5 rings (SSSR count). The molecule has 1 aliphatic heterocycles. The summed E-state index contributed by atoms with van der Waals surface area (Å²) >= 11 is 0. The third-order valence-electron chi connectivity index (χ3n) is 7.94. The monoisotopic (exact) mass is 642 g/mol.